The van der Waals surface area contributed by atoms with Crippen molar-refractivity contribution < 1.29 is 32.7 Å². The summed E-state index contributed by atoms with van der Waals surface area (Å²) in [7, 11) is -4.18. The van der Waals surface area contributed by atoms with Gasteiger partial charge in [0.15, 0.2) is 0 Å². The number of imidazole rings is 1. The Morgan fingerprint density at radius 1 is 1.15 bits per heavy atom. The molecule has 0 saturated carbocycles. The summed E-state index contributed by atoms with van der Waals surface area (Å²) in [5.41, 5.74) is 3.99. The van der Waals surface area contributed by atoms with Gasteiger partial charge in [0.1, 0.15) is 6.04 Å². The molecule has 2 amide bonds. The summed E-state index contributed by atoms with van der Waals surface area (Å²) in [5, 5.41) is 18.7. The molecule has 0 saturated heterocycles. The van der Waals surface area contributed by atoms with Crippen LogP contribution in [-0.4, -0.2) is 65.7 Å². The lowest BCUT2D eigenvalue weighted by Crippen LogP contribution is -2.50. The molecule has 2 heterocycles. The highest BCUT2D eigenvalue weighted by molar-refractivity contribution is 7.89. The first kappa shape index (κ1) is 29.7. The number of aromatic amines is 1. The number of benzene rings is 2. The SMILES string of the molecule is Cc1cc(C)c(S(=O)(=O)NC(CNC(=O)C2CC(CCCC(=O)Nc3nc4ccccc4[nH]3)=NO2)C(=O)O)c(C)c1. The Labute approximate surface area is 236 Å². The monoisotopic (exact) mass is 584 g/mol. The minimum Gasteiger partial charge on any atom is -0.480 e. The smallest absolute Gasteiger partial charge is 0.323 e. The van der Waals surface area contributed by atoms with E-state index in [1.807, 2.05) is 31.2 Å². The van der Waals surface area contributed by atoms with Crippen LogP contribution >= 0.6 is 0 Å². The molecule has 0 bridgehead atoms. The fourth-order valence-corrected chi connectivity index (χ4v) is 6.35. The van der Waals surface area contributed by atoms with Gasteiger partial charge < -0.3 is 20.2 Å². The number of nitrogens with zero attached hydrogens (tertiary/aromatic N) is 2. The van der Waals surface area contributed by atoms with Gasteiger partial charge in [0.2, 0.25) is 28.0 Å². The Bertz CT molecular complexity index is 1560. The molecule has 1 aromatic heterocycles. The summed E-state index contributed by atoms with van der Waals surface area (Å²) in [6.07, 6.45) is 0.269. The highest BCUT2D eigenvalue weighted by Gasteiger charge is 2.31. The number of H-pyrrole nitrogens is 1. The number of anilines is 1. The molecule has 13 nitrogen and oxygen atoms in total. The first-order valence-corrected chi connectivity index (χ1v) is 14.5. The molecule has 3 aromatic rings. The van der Waals surface area contributed by atoms with E-state index in [-0.39, 0.29) is 23.6 Å². The van der Waals surface area contributed by atoms with Crippen LogP contribution < -0.4 is 15.4 Å². The molecule has 1 aliphatic heterocycles. The number of carbonyl (C=O) groups excluding carboxylic acids is 2. The molecule has 0 fully saturated rings. The van der Waals surface area contributed by atoms with Crippen molar-refractivity contribution in [2.75, 3.05) is 11.9 Å². The lowest BCUT2D eigenvalue weighted by Gasteiger charge is -2.19. The number of carbonyl (C=O) groups is 3. The number of sulfonamides is 1. The lowest BCUT2D eigenvalue weighted by atomic mass is 10.1. The van der Waals surface area contributed by atoms with E-state index in [0.29, 0.717) is 35.6 Å². The third kappa shape index (κ3) is 7.46. The number of amides is 2. The van der Waals surface area contributed by atoms with Crippen LogP contribution in [0.5, 0.6) is 0 Å². The van der Waals surface area contributed by atoms with E-state index in [4.69, 9.17) is 4.84 Å². The van der Waals surface area contributed by atoms with Gasteiger partial charge in [0, 0.05) is 19.4 Å². The number of aliphatic carboxylic acids is 1. The van der Waals surface area contributed by atoms with Gasteiger partial charge in [0.05, 0.1) is 21.6 Å². The number of aromatic nitrogens is 2. The van der Waals surface area contributed by atoms with E-state index < -0.39 is 40.6 Å². The molecule has 2 aromatic carbocycles. The molecule has 1 aliphatic rings. The molecular weight excluding hydrogens is 552 g/mol. The topological polar surface area (TPSA) is 192 Å². The second-order valence-electron chi connectivity index (χ2n) is 9.95. The molecule has 2 atom stereocenters. The normalized spacial score (nSPS) is 15.7. The Morgan fingerprint density at radius 3 is 2.54 bits per heavy atom. The average Bonchev–Trinajstić information content (AvgIpc) is 3.52. The third-order valence-electron chi connectivity index (χ3n) is 6.49. The maximum absolute atomic E-state index is 13.0. The molecule has 41 heavy (non-hydrogen) atoms. The second kappa shape index (κ2) is 12.5. The van der Waals surface area contributed by atoms with Gasteiger partial charge in [-0.3, -0.25) is 19.7 Å². The molecule has 218 valence electrons. The molecule has 0 aliphatic carbocycles. The fraction of sp³-hybridized carbons (Fsp3) is 0.370. The summed E-state index contributed by atoms with van der Waals surface area (Å²) in [6, 6.07) is 9.20. The minimum atomic E-state index is -4.18. The number of fused-ring (bicyclic) bond motifs is 1. The maximum atomic E-state index is 13.0. The molecule has 5 N–H and O–H groups in total. The van der Waals surface area contributed by atoms with Gasteiger partial charge in [-0.25, -0.2) is 13.4 Å². The van der Waals surface area contributed by atoms with E-state index in [2.05, 4.69) is 30.5 Å². The molecule has 14 heteroatoms. The van der Waals surface area contributed by atoms with E-state index in [9.17, 15) is 27.9 Å². The van der Waals surface area contributed by atoms with E-state index >= 15 is 0 Å². The molecule has 0 spiro atoms. The van der Waals surface area contributed by atoms with Crippen LogP contribution in [0, 0.1) is 20.8 Å². The third-order valence-corrected chi connectivity index (χ3v) is 8.26. The standard InChI is InChI=1S/C27H32N6O7S/c1-15-11-16(2)24(17(3)12-15)41(38,39)33-21(26(36)37)14-28-25(35)22-13-18(32-40-22)7-6-10-23(34)31-27-29-19-8-4-5-9-20(19)30-27/h4-5,8-9,11-12,21-22,33H,6-7,10,13-14H2,1-3H3,(H,28,35)(H,36,37)(H2,29,30,31,34). The van der Waals surface area contributed by atoms with E-state index in [1.165, 1.54) is 0 Å². The first-order chi connectivity index (χ1) is 19.4. The predicted octanol–water partition coefficient (Wildman–Crippen LogP) is 2.29. The number of aryl methyl sites for hydroxylation is 3. The van der Waals surface area contributed by atoms with Crippen LogP contribution in [0.15, 0.2) is 46.4 Å². The number of carboxylic acid groups (broad SMARTS) is 1. The largest absolute Gasteiger partial charge is 0.480 e. The van der Waals surface area contributed by atoms with Crippen molar-refractivity contribution in [3.63, 3.8) is 0 Å². The van der Waals surface area contributed by atoms with Crippen LogP contribution in [0.25, 0.3) is 11.0 Å². The Balaban J connectivity index is 1.22. The minimum absolute atomic E-state index is 0.00381. The number of rotatable bonds is 12. The van der Waals surface area contributed by atoms with Crippen LogP contribution in [0.3, 0.4) is 0 Å². The van der Waals surface area contributed by atoms with Gasteiger partial charge in [-0.05, 0) is 56.9 Å². The van der Waals surface area contributed by atoms with E-state index in [0.717, 1.165) is 16.6 Å². The van der Waals surface area contributed by atoms with Crippen molar-refractivity contribution in [1.82, 2.24) is 20.0 Å². The van der Waals surface area contributed by atoms with Crippen molar-refractivity contribution in [3.8, 4) is 0 Å². The zero-order chi connectivity index (χ0) is 29.7. The lowest BCUT2D eigenvalue weighted by molar-refractivity contribution is -0.139. The summed E-state index contributed by atoms with van der Waals surface area (Å²) in [6.45, 7) is 4.61. The molecular formula is C27H32N6O7S. The van der Waals surface area contributed by atoms with Crippen molar-refractivity contribution >= 4 is 50.5 Å². The molecule has 4 rings (SSSR count). The number of oxime groups is 1. The number of nitrogens with one attached hydrogen (secondary N) is 4. The Kier molecular flexibility index (Phi) is 9.03. The summed E-state index contributed by atoms with van der Waals surface area (Å²) < 4.78 is 28.1. The van der Waals surface area contributed by atoms with Crippen molar-refractivity contribution in [3.05, 3.63) is 53.1 Å². The predicted molar refractivity (Wildman–Crippen MR) is 151 cm³/mol. The second-order valence-corrected chi connectivity index (χ2v) is 11.6. The number of hydrogen-bond donors (Lipinski definition) is 5. The van der Waals surface area contributed by atoms with Crippen LogP contribution in [0.2, 0.25) is 0 Å². The summed E-state index contributed by atoms with van der Waals surface area (Å²) >= 11 is 0. The van der Waals surface area contributed by atoms with E-state index in [1.54, 1.807) is 26.0 Å². The zero-order valence-corrected chi connectivity index (χ0v) is 23.7. The van der Waals surface area contributed by atoms with Crippen molar-refractivity contribution in [2.45, 2.75) is 63.5 Å². The van der Waals surface area contributed by atoms with Crippen molar-refractivity contribution in [2.24, 2.45) is 5.16 Å². The first-order valence-electron chi connectivity index (χ1n) is 13.0. The summed E-state index contributed by atoms with van der Waals surface area (Å²) in [4.78, 5) is 49.2. The van der Waals surface area contributed by atoms with Crippen LogP contribution in [0.4, 0.5) is 5.95 Å². The molecule has 2 unspecified atom stereocenters. The van der Waals surface area contributed by atoms with Gasteiger partial charge in [-0.2, -0.15) is 4.72 Å². The maximum Gasteiger partial charge on any atom is 0.323 e. The quantitative estimate of drug-likeness (QED) is 0.214. The van der Waals surface area contributed by atoms with Gasteiger partial charge >= 0.3 is 5.97 Å². The fourth-order valence-electron chi connectivity index (χ4n) is 4.71. The Morgan fingerprint density at radius 2 is 1.85 bits per heavy atom. The van der Waals surface area contributed by atoms with Gasteiger partial charge in [0.25, 0.3) is 5.91 Å². The number of hydrogen-bond acceptors (Lipinski definition) is 8. The summed E-state index contributed by atoms with van der Waals surface area (Å²) in [5.74, 6) is -1.93. The molecule has 0 radical (unpaired) electrons. The highest BCUT2D eigenvalue weighted by atomic mass is 32.2. The average molecular weight is 585 g/mol. The number of carboxylic acids is 1. The zero-order valence-electron chi connectivity index (χ0n) is 22.9. The highest BCUT2D eigenvalue weighted by Crippen LogP contribution is 2.22. The van der Waals surface area contributed by atoms with Crippen LogP contribution in [-0.2, 0) is 29.2 Å². The Hall–Kier alpha value is -4.30. The van der Waals surface area contributed by atoms with Crippen molar-refractivity contribution in [1.29, 1.82) is 0 Å². The van der Waals surface area contributed by atoms with Gasteiger partial charge in [-0.15, -0.1) is 0 Å². The van der Waals surface area contributed by atoms with Crippen LogP contribution in [0.1, 0.15) is 42.4 Å². The number of para-hydroxylation sites is 2. The van der Waals surface area contributed by atoms with Gasteiger partial charge in [-0.1, -0.05) is 35.0 Å².